The molecule has 3 nitrogen and oxygen atoms in total. The summed E-state index contributed by atoms with van der Waals surface area (Å²) in [5, 5.41) is 0. The quantitative estimate of drug-likeness (QED) is 0.849. The molecule has 2 N–H and O–H groups in total. The average Bonchev–Trinajstić information content (AvgIpc) is 2.60. The molecule has 0 aliphatic carbocycles. The van der Waals surface area contributed by atoms with Crippen molar-refractivity contribution >= 4 is 5.96 Å². The van der Waals surface area contributed by atoms with Crippen molar-refractivity contribution in [2.24, 2.45) is 16.1 Å². The lowest BCUT2D eigenvalue weighted by Crippen LogP contribution is -2.41. The fraction of sp³-hybridized carbons (Fsp3) is 0.500. The molecule has 1 atom stereocenters. The first kappa shape index (κ1) is 12.0. The molecule has 0 spiro atoms. The minimum atomic E-state index is 0.220. The van der Waals surface area contributed by atoms with Gasteiger partial charge >= 0.3 is 0 Å². The standard InChI is InChI=1S/C14H21N3/c1-14(2,3)10-17-12(9-16-13(17)15)11-7-5-4-6-8-11/h4-8,12H,9-10H2,1-3H3,(H2,15,16)/t12-/m1/s1. The Morgan fingerprint density at radius 2 is 1.94 bits per heavy atom. The number of benzene rings is 1. The predicted octanol–water partition coefficient (Wildman–Crippen LogP) is 2.40. The van der Waals surface area contributed by atoms with Crippen LogP contribution in [0.15, 0.2) is 35.3 Å². The van der Waals surface area contributed by atoms with Crippen LogP contribution in [-0.4, -0.2) is 23.9 Å². The Bertz CT molecular complexity index is 403. The smallest absolute Gasteiger partial charge is 0.191 e. The molecule has 0 radical (unpaired) electrons. The summed E-state index contributed by atoms with van der Waals surface area (Å²) in [5.74, 6) is 0.675. The summed E-state index contributed by atoms with van der Waals surface area (Å²) in [6.45, 7) is 8.37. The maximum Gasteiger partial charge on any atom is 0.191 e. The van der Waals surface area contributed by atoms with E-state index in [2.05, 4.69) is 54.9 Å². The summed E-state index contributed by atoms with van der Waals surface area (Å²) in [6.07, 6.45) is 0. The first-order chi connectivity index (χ1) is 7.97. The van der Waals surface area contributed by atoms with Gasteiger partial charge in [-0.3, -0.25) is 4.99 Å². The van der Waals surface area contributed by atoms with Gasteiger partial charge in [-0.1, -0.05) is 51.1 Å². The van der Waals surface area contributed by atoms with Gasteiger partial charge in [0.25, 0.3) is 0 Å². The van der Waals surface area contributed by atoms with E-state index >= 15 is 0 Å². The van der Waals surface area contributed by atoms with Gasteiger partial charge in [0.05, 0.1) is 12.6 Å². The lowest BCUT2D eigenvalue weighted by Gasteiger charge is -2.32. The van der Waals surface area contributed by atoms with E-state index in [0.717, 1.165) is 13.1 Å². The van der Waals surface area contributed by atoms with Crippen LogP contribution in [0.5, 0.6) is 0 Å². The van der Waals surface area contributed by atoms with Gasteiger partial charge in [0.15, 0.2) is 5.96 Å². The minimum absolute atomic E-state index is 0.220. The number of nitrogens with two attached hydrogens (primary N) is 1. The van der Waals surface area contributed by atoms with Crippen LogP contribution in [0.2, 0.25) is 0 Å². The topological polar surface area (TPSA) is 41.6 Å². The van der Waals surface area contributed by atoms with Crippen LogP contribution in [0.1, 0.15) is 32.4 Å². The van der Waals surface area contributed by atoms with Gasteiger partial charge in [-0.05, 0) is 11.0 Å². The molecule has 1 aliphatic rings. The second-order valence-corrected chi connectivity index (χ2v) is 5.81. The van der Waals surface area contributed by atoms with Gasteiger partial charge in [0.1, 0.15) is 0 Å². The zero-order valence-corrected chi connectivity index (χ0v) is 10.9. The number of rotatable bonds is 2. The molecule has 17 heavy (non-hydrogen) atoms. The summed E-state index contributed by atoms with van der Waals surface area (Å²) in [4.78, 5) is 6.60. The molecule has 0 fully saturated rings. The molecule has 0 amide bonds. The summed E-state index contributed by atoms with van der Waals surface area (Å²) >= 11 is 0. The third-order valence-corrected chi connectivity index (χ3v) is 2.93. The van der Waals surface area contributed by atoms with E-state index in [1.807, 2.05) is 6.07 Å². The van der Waals surface area contributed by atoms with Crippen LogP contribution in [0.3, 0.4) is 0 Å². The second kappa shape index (κ2) is 4.40. The number of nitrogens with zero attached hydrogens (tertiary/aromatic N) is 2. The SMILES string of the molecule is CC(C)(C)CN1C(N)=NC[C@@H]1c1ccccc1. The molecule has 0 unspecified atom stereocenters. The van der Waals surface area contributed by atoms with Crippen molar-refractivity contribution < 1.29 is 0 Å². The van der Waals surface area contributed by atoms with Crippen molar-refractivity contribution in [1.82, 2.24) is 4.90 Å². The molecule has 1 heterocycles. The zero-order valence-electron chi connectivity index (χ0n) is 10.9. The first-order valence-electron chi connectivity index (χ1n) is 6.09. The van der Waals surface area contributed by atoms with E-state index in [4.69, 9.17) is 5.73 Å². The Hall–Kier alpha value is -1.51. The predicted molar refractivity (Wildman–Crippen MR) is 71.8 cm³/mol. The first-order valence-corrected chi connectivity index (χ1v) is 6.09. The third-order valence-electron chi connectivity index (χ3n) is 2.93. The Labute approximate surface area is 103 Å². The third kappa shape index (κ3) is 2.78. The summed E-state index contributed by atoms with van der Waals surface area (Å²) in [5.41, 5.74) is 7.50. The molecular formula is C14H21N3. The maximum absolute atomic E-state index is 5.99. The van der Waals surface area contributed by atoms with Crippen LogP contribution >= 0.6 is 0 Å². The van der Waals surface area contributed by atoms with Crippen molar-refractivity contribution in [2.75, 3.05) is 13.1 Å². The molecule has 1 aromatic carbocycles. The highest BCUT2D eigenvalue weighted by atomic mass is 15.3. The fourth-order valence-corrected chi connectivity index (χ4v) is 2.19. The molecule has 1 aliphatic heterocycles. The van der Waals surface area contributed by atoms with Gasteiger partial charge in [0, 0.05) is 6.54 Å². The van der Waals surface area contributed by atoms with E-state index in [1.165, 1.54) is 5.56 Å². The summed E-state index contributed by atoms with van der Waals surface area (Å²) in [6, 6.07) is 10.8. The van der Waals surface area contributed by atoms with Gasteiger partial charge in [-0.25, -0.2) is 0 Å². The van der Waals surface area contributed by atoms with Crippen LogP contribution < -0.4 is 5.73 Å². The molecule has 3 heteroatoms. The van der Waals surface area contributed by atoms with Crippen molar-refractivity contribution in [1.29, 1.82) is 0 Å². The second-order valence-electron chi connectivity index (χ2n) is 5.81. The van der Waals surface area contributed by atoms with E-state index in [9.17, 15) is 0 Å². The Morgan fingerprint density at radius 1 is 1.29 bits per heavy atom. The lowest BCUT2D eigenvalue weighted by molar-refractivity contribution is 0.240. The molecule has 1 aromatic rings. The van der Waals surface area contributed by atoms with Gasteiger partial charge in [-0.15, -0.1) is 0 Å². The van der Waals surface area contributed by atoms with E-state index in [1.54, 1.807) is 0 Å². The largest absolute Gasteiger partial charge is 0.370 e. The molecular weight excluding hydrogens is 210 g/mol. The number of guanidine groups is 1. The Morgan fingerprint density at radius 3 is 2.53 bits per heavy atom. The van der Waals surface area contributed by atoms with E-state index in [-0.39, 0.29) is 5.41 Å². The van der Waals surface area contributed by atoms with Crippen molar-refractivity contribution in [3.8, 4) is 0 Å². The summed E-state index contributed by atoms with van der Waals surface area (Å²) < 4.78 is 0. The van der Waals surface area contributed by atoms with Gasteiger partial charge in [0.2, 0.25) is 0 Å². The monoisotopic (exact) mass is 231 g/mol. The lowest BCUT2D eigenvalue weighted by atomic mass is 9.94. The van der Waals surface area contributed by atoms with Crippen LogP contribution in [0.4, 0.5) is 0 Å². The van der Waals surface area contributed by atoms with Crippen LogP contribution in [0, 0.1) is 5.41 Å². The fourth-order valence-electron chi connectivity index (χ4n) is 2.19. The molecule has 92 valence electrons. The van der Waals surface area contributed by atoms with Gasteiger partial charge < -0.3 is 10.6 Å². The van der Waals surface area contributed by atoms with Crippen molar-refractivity contribution in [3.63, 3.8) is 0 Å². The number of hydrogen-bond donors (Lipinski definition) is 1. The van der Waals surface area contributed by atoms with E-state index in [0.29, 0.717) is 12.0 Å². The Balaban J connectivity index is 2.19. The molecule has 0 aromatic heterocycles. The van der Waals surface area contributed by atoms with Gasteiger partial charge in [-0.2, -0.15) is 0 Å². The minimum Gasteiger partial charge on any atom is -0.370 e. The average molecular weight is 231 g/mol. The highest BCUT2D eigenvalue weighted by molar-refractivity contribution is 5.80. The number of aliphatic imine (C=N–C) groups is 1. The van der Waals surface area contributed by atoms with Crippen LogP contribution in [-0.2, 0) is 0 Å². The number of hydrogen-bond acceptors (Lipinski definition) is 3. The molecule has 2 rings (SSSR count). The van der Waals surface area contributed by atoms with Crippen LogP contribution in [0.25, 0.3) is 0 Å². The van der Waals surface area contributed by atoms with Crippen molar-refractivity contribution in [3.05, 3.63) is 35.9 Å². The molecule has 0 bridgehead atoms. The van der Waals surface area contributed by atoms with E-state index < -0.39 is 0 Å². The highest BCUT2D eigenvalue weighted by Crippen LogP contribution is 2.28. The van der Waals surface area contributed by atoms with Crippen molar-refractivity contribution in [2.45, 2.75) is 26.8 Å². The summed E-state index contributed by atoms with van der Waals surface area (Å²) in [7, 11) is 0. The molecule has 0 saturated heterocycles. The highest BCUT2D eigenvalue weighted by Gasteiger charge is 2.30. The maximum atomic E-state index is 5.99. The molecule has 0 saturated carbocycles. The Kier molecular flexibility index (Phi) is 3.09. The zero-order chi connectivity index (χ0) is 12.5. The normalized spacial score (nSPS) is 20.5.